The van der Waals surface area contributed by atoms with Crippen LogP contribution < -0.4 is 10.1 Å². The molecule has 0 saturated carbocycles. The Morgan fingerprint density at radius 2 is 1.69 bits per heavy atom. The van der Waals surface area contributed by atoms with Crippen LogP contribution in [-0.4, -0.2) is 33.4 Å². The Morgan fingerprint density at radius 3 is 2.46 bits per heavy atom. The molecule has 1 amide bonds. The third-order valence-corrected chi connectivity index (χ3v) is 5.52. The number of carbonyl (C=O) groups is 1. The van der Waals surface area contributed by atoms with Crippen LogP contribution in [0.4, 0.5) is 5.69 Å². The normalized spacial score (nSPS) is 10.9. The molecule has 5 rings (SSSR count). The zero-order valence-electron chi connectivity index (χ0n) is 19.1. The Balaban J connectivity index is 1.27. The first-order chi connectivity index (χ1) is 17.2. The molecule has 8 nitrogen and oxygen atoms in total. The minimum atomic E-state index is -0.277. The number of ether oxygens (including phenoxy) is 2. The summed E-state index contributed by atoms with van der Waals surface area (Å²) in [5.41, 5.74) is 5.96. The summed E-state index contributed by atoms with van der Waals surface area (Å²) in [6, 6.07) is 26.7. The summed E-state index contributed by atoms with van der Waals surface area (Å²) in [7, 11) is 1.54. The molecule has 0 fully saturated rings. The second-order valence-electron chi connectivity index (χ2n) is 7.92. The highest BCUT2D eigenvalue weighted by Crippen LogP contribution is 2.27. The summed E-state index contributed by atoms with van der Waals surface area (Å²) < 4.78 is 11.2. The molecule has 0 spiro atoms. The van der Waals surface area contributed by atoms with Crippen molar-refractivity contribution in [2.45, 2.75) is 13.2 Å². The fraction of sp³-hybridized carbons (Fsp3) is 0.111. The molecule has 0 atom stereocenters. The number of H-pyrrole nitrogens is 1. The van der Waals surface area contributed by atoms with Crippen LogP contribution in [0.1, 0.15) is 21.5 Å². The molecule has 2 heterocycles. The largest absolute Gasteiger partial charge is 0.496 e. The van der Waals surface area contributed by atoms with Gasteiger partial charge in [0, 0.05) is 11.3 Å². The lowest BCUT2D eigenvalue weighted by molar-refractivity contribution is 0.102. The number of benzene rings is 3. The standard InChI is InChI=1S/C27H23N5O3/c1-34-25-14-9-20(23-12-13-24-26(29-23)31-32-30-24)15-22(25)27(33)28-21-10-7-19(8-11-21)17-35-16-18-5-3-2-4-6-18/h2-15H,16-17H2,1H3,(H,28,33)(H,29,30,31,32). The van der Waals surface area contributed by atoms with E-state index in [1.807, 2.05) is 72.8 Å². The lowest BCUT2D eigenvalue weighted by Gasteiger charge is -2.12. The monoisotopic (exact) mass is 465 g/mol. The smallest absolute Gasteiger partial charge is 0.259 e. The Kier molecular flexibility index (Phi) is 6.45. The molecule has 8 heteroatoms. The molecule has 0 radical (unpaired) electrons. The Bertz CT molecular complexity index is 1450. The number of carbonyl (C=O) groups excluding carboxylic acids is 1. The van der Waals surface area contributed by atoms with Gasteiger partial charge in [-0.3, -0.25) is 4.79 Å². The molecule has 2 N–H and O–H groups in total. The molecule has 174 valence electrons. The Morgan fingerprint density at radius 1 is 0.914 bits per heavy atom. The van der Waals surface area contributed by atoms with Crippen molar-refractivity contribution in [2.24, 2.45) is 0 Å². The lowest BCUT2D eigenvalue weighted by atomic mass is 10.1. The van der Waals surface area contributed by atoms with Crippen molar-refractivity contribution in [3.63, 3.8) is 0 Å². The highest BCUT2D eigenvalue weighted by Gasteiger charge is 2.15. The predicted molar refractivity (Wildman–Crippen MR) is 133 cm³/mol. The first kappa shape index (κ1) is 22.2. The van der Waals surface area contributed by atoms with E-state index in [9.17, 15) is 4.79 Å². The van der Waals surface area contributed by atoms with Gasteiger partial charge in [0.25, 0.3) is 5.91 Å². The van der Waals surface area contributed by atoms with Crippen LogP contribution in [0.5, 0.6) is 5.75 Å². The number of aromatic amines is 1. The lowest BCUT2D eigenvalue weighted by Crippen LogP contribution is -2.13. The molecule has 2 aromatic heterocycles. The van der Waals surface area contributed by atoms with Crippen LogP contribution in [0, 0.1) is 0 Å². The van der Waals surface area contributed by atoms with Crippen molar-refractivity contribution in [2.75, 3.05) is 12.4 Å². The predicted octanol–water partition coefficient (Wildman–Crippen LogP) is 5.00. The van der Waals surface area contributed by atoms with Gasteiger partial charge in [-0.15, -0.1) is 5.10 Å². The van der Waals surface area contributed by atoms with Gasteiger partial charge in [0.1, 0.15) is 11.3 Å². The Hall–Kier alpha value is -4.56. The molecule has 0 aliphatic carbocycles. The van der Waals surface area contributed by atoms with E-state index in [0.717, 1.165) is 16.7 Å². The average Bonchev–Trinajstić information content (AvgIpc) is 3.38. The molecule has 0 aliphatic rings. The average molecular weight is 466 g/mol. The molecule has 0 saturated heterocycles. The topological polar surface area (TPSA) is 102 Å². The number of nitrogens with zero attached hydrogens (tertiary/aromatic N) is 3. The van der Waals surface area contributed by atoms with Crippen LogP contribution in [0.2, 0.25) is 0 Å². The van der Waals surface area contributed by atoms with E-state index >= 15 is 0 Å². The van der Waals surface area contributed by atoms with Gasteiger partial charge < -0.3 is 14.8 Å². The van der Waals surface area contributed by atoms with Crippen molar-refractivity contribution >= 4 is 22.8 Å². The van der Waals surface area contributed by atoms with Gasteiger partial charge in [-0.2, -0.15) is 0 Å². The SMILES string of the molecule is COc1ccc(-c2ccc3nn[nH]c3n2)cc1C(=O)Nc1ccc(COCc2ccccc2)cc1. The van der Waals surface area contributed by atoms with Gasteiger partial charge in [0.15, 0.2) is 5.65 Å². The number of amides is 1. The summed E-state index contributed by atoms with van der Waals surface area (Å²) in [5, 5.41) is 13.4. The van der Waals surface area contributed by atoms with E-state index in [4.69, 9.17) is 9.47 Å². The van der Waals surface area contributed by atoms with Crippen LogP contribution in [0.25, 0.3) is 22.4 Å². The third kappa shape index (κ3) is 5.18. The van der Waals surface area contributed by atoms with Crippen LogP contribution >= 0.6 is 0 Å². The molecular formula is C27H23N5O3. The summed E-state index contributed by atoms with van der Waals surface area (Å²) in [6.45, 7) is 1.04. The van der Waals surface area contributed by atoms with E-state index in [0.29, 0.717) is 47.1 Å². The molecule has 5 aromatic rings. The summed E-state index contributed by atoms with van der Waals surface area (Å²) in [5.74, 6) is 0.197. The maximum atomic E-state index is 13.1. The van der Waals surface area contributed by atoms with E-state index in [1.165, 1.54) is 7.11 Å². The van der Waals surface area contributed by atoms with E-state index in [1.54, 1.807) is 12.1 Å². The Labute approximate surface area is 201 Å². The minimum absolute atomic E-state index is 0.277. The third-order valence-electron chi connectivity index (χ3n) is 5.52. The number of rotatable bonds is 8. The number of aromatic nitrogens is 4. The van der Waals surface area contributed by atoms with Gasteiger partial charge >= 0.3 is 0 Å². The molecule has 35 heavy (non-hydrogen) atoms. The number of hydrogen-bond donors (Lipinski definition) is 2. The molecule has 0 aliphatic heterocycles. The minimum Gasteiger partial charge on any atom is -0.496 e. The maximum Gasteiger partial charge on any atom is 0.259 e. The number of hydrogen-bond acceptors (Lipinski definition) is 6. The van der Waals surface area contributed by atoms with Crippen molar-refractivity contribution in [3.8, 4) is 17.0 Å². The van der Waals surface area contributed by atoms with E-state index in [-0.39, 0.29) is 5.91 Å². The zero-order valence-corrected chi connectivity index (χ0v) is 19.1. The van der Waals surface area contributed by atoms with Gasteiger partial charge in [-0.25, -0.2) is 10.1 Å². The highest BCUT2D eigenvalue weighted by atomic mass is 16.5. The summed E-state index contributed by atoms with van der Waals surface area (Å²) in [6.07, 6.45) is 0. The van der Waals surface area contributed by atoms with Gasteiger partial charge in [0.05, 0.1) is 31.6 Å². The second-order valence-corrected chi connectivity index (χ2v) is 7.92. The maximum absolute atomic E-state index is 13.1. The number of fused-ring (bicyclic) bond motifs is 1. The summed E-state index contributed by atoms with van der Waals surface area (Å²) >= 11 is 0. The molecular weight excluding hydrogens is 442 g/mol. The number of pyridine rings is 1. The number of anilines is 1. The summed E-state index contributed by atoms with van der Waals surface area (Å²) in [4.78, 5) is 17.6. The van der Waals surface area contributed by atoms with Crippen LogP contribution in [0.15, 0.2) is 84.9 Å². The fourth-order valence-corrected chi connectivity index (χ4v) is 3.69. The van der Waals surface area contributed by atoms with Gasteiger partial charge in [-0.05, 0) is 53.6 Å². The van der Waals surface area contributed by atoms with Crippen molar-refractivity contribution in [1.82, 2.24) is 20.4 Å². The van der Waals surface area contributed by atoms with E-state index in [2.05, 4.69) is 25.7 Å². The number of methoxy groups -OCH3 is 1. The quantitative estimate of drug-likeness (QED) is 0.334. The first-order valence-corrected chi connectivity index (χ1v) is 11.1. The van der Waals surface area contributed by atoms with E-state index < -0.39 is 0 Å². The fourth-order valence-electron chi connectivity index (χ4n) is 3.69. The second kappa shape index (κ2) is 10.1. The molecule has 3 aromatic carbocycles. The highest BCUT2D eigenvalue weighted by molar-refractivity contribution is 6.07. The van der Waals surface area contributed by atoms with Gasteiger partial charge in [-0.1, -0.05) is 47.7 Å². The van der Waals surface area contributed by atoms with Crippen molar-refractivity contribution in [3.05, 3.63) is 102 Å². The van der Waals surface area contributed by atoms with Crippen LogP contribution in [-0.2, 0) is 18.0 Å². The number of nitrogens with one attached hydrogen (secondary N) is 2. The van der Waals surface area contributed by atoms with Crippen molar-refractivity contribution < 1.29 is 14.3 Å². The van der Waals surface area contributed by atoms with Crippen LogP contribution in [0.3, 0.4) is 0 Å². The van der Waals surface area contributed by atoms with Gasteiger partial charge in [0.2, 0.25) is 0 Å². The zero-order chi connectivity index (χ0) is 24.0. The molecule has 0 unspecified atom stereocenters. The molecule has 0 bridgehead atoms. The first-order valence-electron chi connectivity index (χ1n) is 11.1. The van der Waals surface area contributed by atoms with Crippen molar-refractivity contribution in [1.29, 1.82) is 0 Å².